The first-order valence-corrected chi connectivity index (χ1v) is 7.11. The molecule has 1 N–H and O–H groups in total. The van der Waals surface area contributed by atoms with Crippen LogP contribution in [-0.4, -0.2) is 49.6 Å². The lowest BCUT2D eigenvalue weighted by Crippen LogP contribution is -2.63. The fourth-order valence-electron chi connectivity index (χ4n) is 2.66. The molecule has 6 nitrogen and oxygen atoms in total. The third-order valence-corrected chi connectivity index (χ3v) is 3.71. The molecule has 0 unspecified atom stereocenters. The van der Waals surface area contributed by atoms with E-state index in [1.54, 1.807) is 15.8 Å². The Morgan fingerprint density at radius 1 is 1.33 bits per heavy atom. The zero-order chi connectivity index (χ0) is 14.9. The highest BCUT2D eigenvalue weighted by molar-refractivity contribution is 5.92. The lowest BCUT2D eigenvalue weighted by atomic mass is 9.89. The van der Waals surface area contributed by atoms with Gasteiger partial charge < -0.3 is 10.0 Å². The predicted molar refractivity (Wildman–Crippen MR) is 77.1 cm³/mol. The summed E-state index contributed by atoms with van der Waals surface area (Å²) in [4.78, 5) is 13.9. The second kappa shape index (κ2) is 5.29. The molecule has 1 amide bonds. The molecule has 0 atom stereocenters. The van der Waals surface area contributed by atoms with Crippen LogP contribution < -0.4 is 0 Å². The van der Waals surface area contributed by atoms with Crippen molar-refractivity contribution in [2.45, 2.75) is 25.4 Å². The van der Waals surface area contributed by atoms with Crippen LogP contribution in [0.15, 0.2) is 36.5 Å². The van der Waals surface area contributed by atoms with Crippen LogP contribution in [0.4, 0.5) is 0 Å². The summed E-state index contributed by atoms with van der Waals surface area (Å²) in [6, 6.07) is 9.51. The molecule has 2 heterocycles. The van der Waals surface area contributed by atoms with Crippen molar-refractivity contribution < 1.29 is 9.90 Å². The zero-order valence-corrected chi connectivity index (χ0v) is 11.9. The van der Waals surface area contributed by atoms with E-state index >= 15 is 0 Å². The second-order valence-electron chi connectivity index (χ2n) is 5.52. The number of benzene rings is 1. The van der Waals surface area contributed by atoms with E-state index in [0.29, 0.717) is 25.2 Å². The smallest absolute Gasteiger partial charge is 0.276 e. The summed E-state index contributed by atoms with van der Waals surface area (Å²) >= 11 is 0. The van der Waals surface area contributed by atoms with Gasteiger partial charge in [0.05, 0.1) is 30.6 Å². The first kappa shape index (κ1) is 13.8. The van der Waals surface area contributed by atoms with Gasteiger partial charge >= 0.3 is 0 Å². The van der Waals surface area contributed by atoms with Crippen LogP contribution in [0.3, 0.4) is 0 Å². The summed E-state index contributed by atoms with van der Waals surface area (Å²) in [5.74, 6) is -0.182. The molecule has 0 spiro atoms. The Bertz CT molecular complexity index is 632. The second-order valence-corrected chi connectivity index (χ2v) is 5.52. The largest absolute Gasteiger partial charge is 0.386 e. The molecule has 0 bridgehead atoms. The Balaban J connectivity index is 1.69. The fourth-order valence-corrected chi connectivity index (χ4v) is 2.66. The molecule has 3 rings (SSSR count). The Labute approximate surface area is 123 Å². The van der Waals surface area contributed by atoms with Gasteiger partial charge in [-0.3, -0.25) is 4.79 Å². The molecule has 0 saturated carbocycles. The molecular formula is C15H18N4O2. The topological polar surface area (TPSA) is 71.2 Å². The molecule has 1 aliphatic rings. The number of aliphatic hydroxyl groups is 1. The van der Waals surface area contributed by atoms with Crippen LogP contribution in [-0.2, 0) is 0 Å². The highest BCUT2D eigenvalue weighted by Crippen LogP contribution is 2.26. The van der Waals surface area contributed by atoms with E-state index in [0.717, 1.165) is 12.1 Å². The molecule has 2 aromatic rings. The minimum absolute atomic E-state index is 0.182. The molecule has 110 valence electrons. The Hall–Kier alpha value is -2.21. The number of nitrogens with zero attached hydrogens (tertiary/aromatic N) is 4. The zero-order valence-electron chi connectivity index (χ0n) is 11.9. The Kier molecular flexibility index (Phi) is 3.47. The number of aromatic nitrogens is 3. The predicted octanol–water partition coefficient (Wildman–Crippen LogP) is 1.25. The third kappa shape index (κ3) is 2.67. The number of para-hydroxylation sites is 1. The average Bonchev–Trinajstić information content (AvgIpc) is 2.95. The SMILES string of the molecule is CCCC1(O)CN(C(=O)c2cn(-c3ccccc3)nn2)C1. The van der Waals surface area contributed by atoms with E-state index in [9.17, 15) is 9.90 Å². The fraction of sp³-hybridized carbons (Fsp3) is 0.400. The number of hydrogen-bond donors (Lipinski definition) is 1. The number of amides is 1. The maximum atomic E-state index is 12.3. The van der Waals surface area contributed by atoms with Crippen LogP contribution in [0.1, 0.15) is 30.3 Å². The van der Waals surface area contributed by atoms with Crippen LogP contribution in [0.5, 0.6) is 0 Å². The minimum Gasteiger partial charge on any atom is -0.386 e. The van der Waals surface area contributed by atoms with Crippen LogP contribution in [0.25, 0.3) is 5.69 Å². The molecule has 1 saturated heterocycles. The summed E-state index contributed by atoms with van der Waals surface area (Å²) in [5.41, 5.74) is 0.437. The molecule has 1 fully saturated rings. The van der Waals surface area contributed by atoms with E-state index in [-0.39, 0.29) is 5.91 Å². The summed E-state index contributed by atoms with van der Waals surface area (Å²) < 4.78 is 1.57. The van der Waals surface area contributed by atoms with Crippen molar-refractivity contribution in [1.29, 1.82) is 0 Å². The van der Waals surface area contributed by atoms with Gasteiger partial charge in [-0.05, 0) is 18.6 Å². The van der Waals surface area contributed by atoms with Crippen LogP contribution in [0, 0.1) is 0 Å². The van der Waals surface area contributed by atoms with Gasteiger partial charge in [-0.1, -0.05) is 36.8 Å². The quantitative estimate of drug-likeness (QED) is 0.918. The number of carbonyl (C=O) groups excluding carboxylic acids is 1. The van der Waals surface area contributed by atoms with Crippen molar-refractivity contribution in [3.05, 3.63) is 42.2 Å². The summed E-state index contributed by atoms with van der Waals surface area (Å²) in [5, 5.41) is 18.0. The molecule has 21 heavy (non-hydrogen) atoms. The lowest BCUT2D eigenvalue weighted by Gasteiger charge is -2.46. The van der Waals surface area contributed by atoms with E-state index < -0.39 is 5.60 Å². The van der Waals surface area contributed by atoms with E-state index in [2.05, 4.69) is 10.3 Å². The maximum Gasteiger partial charge on any atom is 0.276 e. The molecule has 0 radical (unpaired) electrons. The molecular weight excluding hydrogens is 268 g/mol. The van der Waals surface area contributed by atoms with Gasteiger partial charge in [-0.2, -0.15) is 0 Å². The molecule has 6 heteroatoms. The van der Waals surface area contributed by atoms with Gasteiger partial charge in [-0.25, -0.2) is 4.68 Å². The van der Waals surface area contributed by atoms with Crippen molar-refractivity contribution in [1.82, 2.24) is 19.9 Å². The normalized spacial score (nSPS) is 16.6. The van der Waals surface area contributed by atoms with Crippen molar-refractivity contribution in [3.63, 3.8) is 0 Å². The summed E-state index contributed by atoms with van der Waals surface area (Å²) in [6.45, 7) is 2.77. The molecule has 0 aliphatic carbocycles. The highest BCUT2D eigenvalue weighted by Gasteiger charge is 2.43. The first-order valence-electron chi connectivity index (χ1n) is 7.11. The molecule has 1 aromatic carbocycles. The highest BCUT2D eigenvalue weighted by atomic mass is 16.3. The lowest BCUT2D eigenvalue weighted by molar-refractivity contribution is -0.0861. The first-order chi connectivity index (χ1) is 10.1. The van der Waals surface area contributed by atoms with Crippen molar-refractivity contribution in [2.24, 2.45) is 0 Å². The van der Waals surface area contributed by atoms with Crippen molar-refractivity contribution >= 4 is 5.91 Å². The van der Waals surface area contributed by atoms with Gasteiger partial charge in [0.2, 0.25) is 0 Å². The maximum absolute atomic E-state index is 12.3. The van der Waals surface area contributed by atoms with Crippen molar-refractivity contribution in [2.75, 3.05) is 13.1 Å². The van der Waals surface area contributed by atoms with Gasteiger partial charge in [0.25, 0.3) is 5.91 Å². The van der Waals surface area contributed by atoms with E-state index in [4.69, 9.17) is 0 Å². The Morgan fingerprint density at radius 2 is 2.05 bits per heavy atom. The van der Waals surface area contributed by atoms with Crippen LogP contribution >= 0.6 is 0 Å². The average molecular weight is 286 g/mol. The summed E-state index contributed by atoms with van der Waals surface area (Å²) in [7, 11) is 0. The number of carbonyl (C=O) groups is 1. The van der Waals surface area contributed by atoms with E-state index in [1.165, 1.54) is 0 Å². The third-order valence-electron chi connectivity index (χ3n) is 3.71. The number of rotatable bonds is 4. The minimum atomic E-state index is -0.722. The van der Waals surface area contributed by atoms with Gasteiger partial charge in [-0.15, -0.1) is 5.10 Å². The number of β-amino-alcohol motifs (C(OH)–C–C–N with tert-alkyl or cyclic N) is 1. The van der Waals surface area contributed by atoms with Crippen LogP contribution in [0.2, 0.25) is 0 Å². The van der Waals surface area contributed by atoms with Gasteiger partial charge in [0.15, 0.2) is 5.69 Å². The summed E-state index contributed by atoms with van der Waals surface area (Å²) in [6.07, 6.45) is 3.24. The van der Waals surface area contributed by atoms with E-state index in [1.807, 2.05) is 37.3 Å². The monoisotopic (exact) mass is 286 g/mol. The van der Waals surface area contributed by atoms with Crippen molar-refractivity contribution in [3.8, 4) is 5.69 Å². The molecule has 1 aromatic heterocycles. The standard InChI is InChI=1S/C15H18N4O2/c1-2-8-15(21)10-18(11-15)14(20)13-9-19(17-16-13)12-6-4-3-5-7-12/h3-7,9,21H,2,8,10-11H2,1H3. The number of hydrogen-bond acceptors (Lipinski definition) is 4. The Morgan fingerprint density at radius 3 is 2.71 bits per heavy atom. The van der Waals surface area contributed by atoms with Gasteiger partial charge in [0.1, 0.15) is 0 Å². The number of likely N-dealkylation sites (tertiary alicyclic amines) is 1. The molecule has 1 aliphatic heterocycles. The van der Waals surface area contributed by atoms with Gasteiger partial charge in [0, 0.05) is 0 Å².